The Balaban J connectivity index is 1.88. The molecule has 0 saturated carbocycles. The second kappa shape index (κ2) is 7.49. The summed E-state index contributed by atoms with van der Waals surface area (Å²) in [6.45, 7) is 5.33. The molecule has 21 heavy (non-hydrogen) atoms. The van der Waals surface area contributed by atoms with E-state index in [0.717, 1.165) is 23.0 Å². The molecule has 0 bridgehead atoms. The highest BCUT2D eigenvalue weighted by molar-refractivity contribution is 5.36. The maximum absolute atomic E-state index is 5.36. The first-order valence-electron chi connectivity index (χ1n) is 6.68. The molecule has 0 atom stereocenters. The van der Waals surface area contributed by atoms with Crippen molar-refractivity contribution in [2.24, 2.45) is 0 Å². The van der Waals surface area contributed by atoms with E-state index in [4.69, 9.17) is 9.47 Å². The van der Waals surface area contributed by atoms with E-state index >= 15 is 0 Å². The van der Waals surface area contributed by atoms with Crippen molar-refractivity contribution in [2.45, 2.75) is 20.4 Å². The zero-order valence-corrected chi connectivity index (χ0v) is 12.5. The Morgan fingerprint density at radius 1 is 1.10 bits per heavy atom. The predicted molar refractivity (Wildman–Crippen MR) is 78.2 cm³/mol. The third-order valence-electron chi connectivity index (χ3n) is 2.65. The van der Waals surface area contributed by atoms with E-state index in [9.17, 15) is 0 Å². The fourth-order valence-corrected chi connectivity index (χ4v) is 1.74. The lowest BCUT2D eigenvalue weighted by Gasteiger charge is -2.07. The van der Waals surface area contributed by atoms with Crippen molar-refractivity contribution >= 4 is 5.82 Å². The average molecular weight is 289 g/mol. The zero-order valence-electron chi connectivity index (χ0n) is 12.5. The number of nitrogens with one attached hydrogen (secondary N) is 1. The summed E-state index contributed by atoms with van der Waals surface area (Å²) in [6, 6.07) is 5.54. The van der Waals surface area contributed by atoms with Crippen LogP contribution in [0.1, 0.15) is 17.2 Å². The summed E-state index contributed by atoms with van der Waals surface area (Å²) in [5, 5.41) is 11.3. The van der Waals surface area contributed by atoms with Crippen LogP contribution in [0.5, 0.6) is 5.88 Å². The molecule has 0 aliphatic rings. The number of nitrogens with zero attached hydrogens (tertiary/aromatic N) is 4. The van der Waals surface area contributed by atoms with Gasteiger partial charge in [-0.05, 0) is 19.9 Å². The van der Waals surface area contributed by atoms with E-state index in [2.05, 4.69) is 25.5 Å². The van der Waals surface area contributed by atoms with Crippen LogP contribution in [0.4, 0.5) is 5.82 Å². The standard InChI is InChI=1S/C14H19N5O2/c1-10-8-13(17-11(2)16-10)15-9-12-4-5-14(19-18-12)21-7-6-20-3/h4-5,8H,6-7,9H2,1-3H3,(H,15,16,17). The van der Waals surface area contributed by atoms with Gasteiger partial charge < -0.3 is 14.8 Å². The highest BCUT2D eigenvalue weighted by Crippen LogP contribution is 2.09. The van der Waals surface area contributed by atoms with E-state index < -0.39 is 0 Å². The maximum atomic E-state index is 5.36. The van der Waals surface area contributed by atoms with E-state index in [1.807, 2.05) is 26.0 Å². The van der Waals surface area contributed by atoms with Gasteiger partial charge in [-0.15, -0.1) is 5.10 Å². The highest BCUT2D eigenvalue weighted by Gasteiger charge is 2.01. The van der Waals surface area contributed by atoms with Crippen LogP contribution in [-0.4, -0.2) is 40.5 Å². The van der Waals surface area contributed by atoms with Crippen molar-refractivity contribution in [3.8, 4) is 5.88 Å². The Kier molecular flexibility index (Phi) is 5.39. The van der Waals surface area contributed by atoms with Crippen molar-refractivity contribution in [2.75, 3.05) is 25.6 Å². The molecule has 0 aromatic carbocycles. The molecule has 1 N–H and O–H groups in total. The second-order valence-electron chi connectivity index (χ2n) is 4.50. The molecule has 112 valence electrons. The van der Waals surface area contributed by atoms with Gasteiger partial charge in [0.05, 0.1) is 18.8 Å². The molecule has 2 heterocycles. The molecule has 0 saturated heterocycles. The SMILES string of the molecule is COCCOc1ccc(CNc2cc(C)nc(C)n2)nn1. The van der Waals surface area contributed by atoms with Crippen LogP contribution in [0.2, 0.25) is 0 Å². The monoisotopic (exact) mass is 289 g/mol. The molecule has 0 spiro atoms. The molecule has 0 unspecified atom stereocenters. The molecule has 0 amide bonds. The number of aryl methyl sites for hydroxylation is 2. The predicted octanol–water partition coefficient (Wildman–Crippen LogP) is 1.52. The van der Waals surface area contributed by atoms with Crippen molar-refractivity contribution < 1.29 is 9.47 Å². The highest BCUT2D eigenvalue weighted by atomic mass is 16.5. The quantitative estimate of drug-likeness (QED) is 0.774. The number of hydrogen-bond acceptors (Lipinski definition) is 7. The number of methoxy groups -OCH3 is 1. The lowest BCUT2D eigenvalue weighted by Crippen LogP contribution is -2.08. The summed E-state index contributed by atoms with van der Waals surface area (Å²) >= 11 is 0. The van der Waals surface area contributed by atoms with E-state index in [1.165, 1.54) is 0 Å². The van der Waals surface area contributed by atoms with Crippen LogP contribution < -0.4 is 10.1 Å². The number of rotatable bonds is 7. The first-order chi connectivity index (χ1) is 10.2. The van der Waals surface area contributed by atoms with Crippen molar-refractivity contribution in [3.05, 3.63) is 35.4 Å². The largest absolute Gasteiger partial charge is 0.474 e. The molecular weight excluding hydrogens is 270 g/mol. The smallest absolute Gasteiger partial charge is 0.233 e. The van der Waals surface area contributed by atoms with Gasteiger partial charge in [0.1, 0.15) is 18.2 Å². The van der Waals surface area contributed by atoms with E-state index in [0.29, 0.717) is 25.6 Å². The minimum atomic E-state index is 0.461. The lowest BCUT2D eigenvalue weighted by atomic mass is 10.3. The molecule has 7 heteroatoms. The Morgan fingerprint density at radius 2 is 1.95 bits per heavy atom. The molecular formula is C14H19N5O2. The lowest BCUT2D eigenvalue weighted by molar-refractivity contribution is 0.143. The van der Waals surface area contributed by atoms with Gasteiger partial charge in [-0.25, -0.2) is 9.97 Å². The summed E-state index contributed by atoms with van der Waals surface area (Å²) in [5.41, 5.74) is 1.74. The normalized spacial score (nSPS) is 10.4. The van der Waals surface area contributed by atoms with Crippen molar-refractivity contribution in [1.82, 2.24) is 20.2 Å². The minimum Gasteiger partial charge on any atom is -0.474 e. The third kappa shape index (κ3) is 4.96. The van der Waals surface area contributed by atoms with Gasteiger partial charge in [-0.2, -0.15) is 5.10 Å². The molecule has 2 aromatic heterocycles. The molecule has 2 rings (SSSR count). The summed E-state index contributed by atoms with van der Waals surface area (Å²) in [4.78, 5) is 8.54. The second-order valence-corrected chi connectivity index (χ2v) is 4.50. The molecule has 0 fully saturated rings. The van der Waals surface area contributed by atoms with E-state index in [-0.39, 0.29) is 0 Å². The summed E-state index contributed by atoms with van der Waals surface area (Å²) in [6.07, 6.45) is 0. The van der Waals surface area contributed by atoms with Gasteiger partial charge in [-0.1, -0.05) is 0 Å². The van der Waals surface area contributed by atoms with Gasteiger partial charge in [0, 0.05) is 24.9 Å². The summed E-state index contributed by atoms with van der Waals surface area (Å²) in [7, 11) is 1.63. The van der Waals surface area contributed by atoms with Gasteiger partial charge in [0.15, 0.2) is 0 Å². The van der Waals surface area contributed by atoms with Gasteiger partial charge in [0.25, 0.3) is 0 Å². The van der Waals surface area contributed by atoms with Crippen LogP contribution in [0.3, 0.4) is 0 Å². The van der Waals surface area contributed by atoms with Crippen LogP contribution in [0.25, 0.3) is 0 Å². The Morgan fingerprint density at radius 3 is 2.62 bits per heavy atom. The third-order valence-corrected chi connectivity index (χ3v) is 2.65. The number of ether oxygens (including phenoxy) is 2. The van der Waals surface area contributed by atoms with Crippen LogP contribution >= 0.6 is 0 Å². The van der Waals surface area contributed by atoms with E-state index in [1.54, 1.807) is 13.2 Å². The van der Waals surface area contributed by atoms with Gasteiger partial charge in [-0.3, -0.25) is 0 Å². The Labute approximate surface area is 123 Å². The molecule has 0 aliphatic heterocycles. The number of aromatic nitrogens is 4. The first-order valence-corrected chi connectivity index (χ1v) is 6.68. The molecule has 2 aromatic rings. The molecule has 7 nitrogen and oxygen atoms in total. The Bertz CT molecular complexity index is 554. The number of anilines is 1. The maximum Gasteiger partial charge on any atom is 0.233 e. The molecule has 0 radical (unpaired) electrons. The minimum absolute atomic E-state index is 0.461. The van der Waals surface area contributed by atoms with Gasteiger partial charge in [0.2, 0.25) is 5.88 Å². The zero-order chi connectivity index (χ0) is 15.1. The van der Waals surface area contributed by atoms with Crippen LogP contribution in [-0.2, 0) is 11.3 Å². The fourth-order valence-electron chi connectivity index (χ4n) is 1.74. The average Bonchev–Trinajstić information content (AvgIpc) is 2.46. The van der Waals surface area contributed by atoms with Crippen molar-refractivity contribution in [1.29, 1.82) is 0 Å². The summed E-state index contributed by atoms with van der Waals surface area (Å²) < 4.78 is 10.3. The van der Waals surface area contributed by atoms with Gasteiger partial charge >= 0.3 is 0 Å². The molecule has 0 aliphatic carbocycles. The topological polar surface area (TPSA) is 82.0 Å². The van der Waals surface area contributed by atoms with Crippen molar-refractivity contribution in [3.63, 3.8) is 0 Å². The Hall–Kier alpha value is -2.28. The fraction of sp³-hybridized carbons (Fsp3) is 0.429. The first kappa shape index (κ1) is 15.1. The summed E-state index contributed by atoms with van der Waals surface area (Å²) in [5.74, 6) is 2.01. The van der Waals surface area contributed by atoms with Crippen LogP contribution in [0, 0.1) is 13.8 Å². The number of hydrogen-bond donors (Lipinski definition) is 1. The van der Waals surface area contributed by atoms with Crippen LogP contribution in [0.15, 0.2) is 18.2 Å².